The molecule has 2 saturated carbocycles. The lowest BCUT2D eigenvalue weighted by atomic mass is 9.72. The van der Waals surface area contributed by atoms with Gasteiger partial charge in [-0.3, -0.25) is 18.7 Å². The fourth-order valence-electron chi connectivity index (χ4n) is 10.2. The molecule has 6 aliphatic rings. The molecule has 62 heavy (non-hydrogen) atoms. The number of allylic oxidation sites excluding steroid dienone is 6. The zero-order chi connectivity index (χ0) is 42.9. The molecule has 6 heterocycles. The predicted octanol–water partition coefficient (Wildman–Crippen LogP) is 7.22. The monoisotopic (exact) mass is 892 g/mol. The van der Waals surface area contributed by atoms with E-state index in [2.05, 4.69) is 36.4 Å². The molecular formula is C48H40N6O4S4. The topological polar surface area (TPSA) is 158 Å². The number of rotatable bonds is 4. The molecule has 0 N–H and O–H groups in total. The number of thiazole rings is 2. The number of hydrogen-bond acceptors (Lipinski definition) is 12. The zero-order valence-electron chi connectivity index (χ0n) is 34.2. The van der Waals surface area contributed by atoms with E-state index in [0.717, 1.165) is 96.6 Å². The first-order valence-electron chi connectivity index (χ1n) is 21.2. The second-order valence-electron chi connectivity index (χ2n) is 16.6. The Morgan fingerprint density at radius 2 is 1.02 bits per heavy atom. The van der Waals surface area contributed by atoms with Crippen molar-refractivity contribution in [3.05, 3.63) is 118 Å². The Kier molecular flexibility index (Phi) is 10.1. The summed E-state index contributed by atoms with van der Waals surface area (Å²) in [7, 11) is 0. The van der Waals surface area contributed by atoms with Gasteiger partial charge in [0.05, 0.1) is 9.06 Å². The second-order valence-corrected chi connectivity index (χ2v) is 20.8. The molecule has 2 atom stereocenters. The summed E-state index contributed by atoms with van der Waals surface area (Å²) < 4.78 is 19.2. The minimum absolute atomic E-state index is 0.0253. The van der Waals surface area contributed by atoms with Crippen molar-refractivity contribution in [2.45, 2.75) is 102 Å². The smallest absolute Gasteiger partial charge is 0.269 e. The molecule has 0 amide bonds. The summed E-state index contributed by atoms with van der Waals surface area (Å²) in [5.74, 6) is 1.84. The number of ether oxygens (including phenoxy) is 2. The number of fused-ring (bicyclic) bond motifs is 9. The number of thiophene rings is 2. The summed E-state index contributed by atoms with van der Waals surface area (Å²) in [6, 6.07) is 12.2. The van der Waals surface area contributed by atoms with Crippen molar-refractivity contribution in [2.75, 3.05) is 0 Å². The highest BCUT2D eigenvalue weighted by Gasteiger charge is 2.48. The number of nitrogens with zero attached hydrogens (tertiary/aromatic N) is 6. The van der Waals surface area contributed by atoms with Crippen molar-refractivity contribution in [1.82, 2.24) is 9.13 Å². The van der Waals surface area contributed by atoms with E-state index >= 15 is 0 Å². The molecule has 0 radical (unpaired) electrons. The maximum absolute atomic E-state index is 13.6. The summed E-state index contributed by atoms with van der Waals surface area (Å²) in [4.78, 5) is 31.3. The molecule has 0 bridgehead atoms. The minimum Gasteiger partial charge on any atom is -0.482 e. The van der Waals surface area contributed by atoms with Crippen LogP contribution in [0.3, 0.4) is 0 Å². The van der Waals surface area contributed by atoms with Gasteiger partial charge in [0.15, 0.2) is 11.1 Å². The highest BCUT2D eigenvalue weighted by molar-refractivity contribution is 7.15. The van der Waals surface area contributed by atoms with Gasteiger partial charge in [0, 0.05) is 66.7 Å². The van der Waals surface area contributed by atoms with Gasteiger partial charge in [0.2, 0.25) is 0 Å². The highest BCUT2D eigenvalue weighted by Crippen LogP contribution is 2.58. The lowest BCUT2D eigenvalue weighted by Gasteiger charge is -2.46. The maximum Gasteiger partial charge on any atom is 0.269 e. The molecule has 2 spiro atoms. The van der Waals surface area contributed by atoms with Gasteiger partial charge in [0.25, 0.3) is 11.1 Å². The van der Waals surface area contributed by atoms with Crippen LogP contribution in [0.15, 0.2) is 57.5 Å². The van der Waals surface area contributed by atoms with E-state index in [9.17, 15) is 30.6 Å². The molecular weight excluding hydrogens is 853 g/mol. The summed E-state index contributed by atoms with van der Waals surface area (Å²) in [5, 5.41) is 38.5. The van der Waals surface area contributed by atoms with Crippen LogP contribution in [0.5, 0.6) is 0 Å². The second kappa shape index (κ2) is 15.6. The Morgan fingerprint density at radius 3 is 1.37 bits per heavy atom. The van der Waals surface area contributed by atoms with E-state index in [0.29, 0.717) is 31.5 Å². The number of nitriles is 4. The Balaban J connectivity index is 1.08. The summed E-state index contributed by atoms with van der Waals surface area (Å²) in [5.41, 5.74) is 3.02. The normalized spacial score (nSPS) is 21.7. The van der Waals surface area contributed by atoms with Crippen molar-refractivity contribution < 1.29 is 9.47 Å². The van der Waals surface area contributed by atoms with Crippen molar-refractivity contribution in [3.8, 4) is 24.3 Å². The van der Waals surface area contributed by atoms with Crippen molar-refractivity contribution >= 4 is 79.8 Å². The van der Waals surface area contributed by atoms with Gasteiger partial charge < -0.3 is 9.47 Å². The highest BCUT2D eigenvalue weighted by atomic mass is 32.1. The molecule has 14 heteroatoms. The molecule has 0 saturated heterocycles. The molecule has 10 rings (SSSR count). The molecule has 310 valence electrons. The van der Waals surface area contributed by atoms with Crippen LogP contribution >= 0.6 is 45.3 Å². The molecule has 4 aromatic heterocycles. The SMILES string of the molecule is CCn1c(=C(C#N)C#N)s/c(=C\c2cc3c(s2)C2=CC4C=C5OC6(CCCCC6)c6cc(/C=c7/sc(=C(C#N)C#N)n(CC)c7=O)sc6C5=CC4C=C2OC32CCCCC2)c1=O. The molecule has 2 fully saturated rings. The number of aromatic nitrogens is 2. The van der Waals surface area contributed by atoms with Crippen molar-refractivity contribution in [1.29, 1.82) is 21.0 Å². The van der Waals surface area contributed by atoms with Crippen LogP contribution in [-0.2, 0) is 33.8 Å². The standard InChI is InChI=1S/C48H40N6O4S4/c1-3-53-43(55)39(61-45(53)29(23-49)24-50)21-31-19-35-41(59-31)33-15-27-18-38-34(16-28(27)17-37(33)57-47(35)11-7-5-8-12-47)42-36(48(58-38)13-9-6-10-14-48)20-32(60-42)22-40-44(56)54(4-2)46(62-40)30(25-51)26-52/h15-22,27-28H,3-14H2,1-2H3/b39-21-,40-22+. The number of hydrogen-bond donors (Lipinski definition) is 0. The van der Waals surface area contributed by atoms with Gasteiger partial charge in [0.1, 0.15) is 56.3 Å². The Hall–Kier alpha value is -5.74. The maximum atomic E-state index is 13.6. The van der Waals surface area contributed by atoms with E-state index in [1.54, 1.807) is 22.7 Å². The van der Waals surface area contributed by atoms with Gasteiger partial charge in [-0.1, -0.05) is 25.0 Å². The fourth-order valence-corrected chi connectivity index (χ4v) is 15.0. The molecule has 4 aliphatic carbocycles. The minimum atomic E-state index is -0.467. The first-order valence-corrected chi connectivity index (χ1v) is 24.5. The van der Waals surface area contributed by atoms with Gasteiger partial charge in [-0.15, -0.1) is 45.3 Å². The van der Waals surface area contributed by atoms with E-state index in [4.69, 9.17) is 9.47 Å². The predicted molar refractivity (Wildman–Crippen MR) is 243 cm³/mol. The zero-order valence-corrected chi connectivity index (χ0v) is 37.5. The Morgan fingerprint density at radius 1 is 0.629 bits per heavy atom. The van der Waals surface area contributed by atoms with E-state index in [1.807, 2.05) is 50.3 Å². The third kappa shape index (κ3) is 6.30. The fraction of sp³-hybridized carbons (Fsp3) is 0.375. The molecule has 4 aromatic rings. The van der Waals surface area contributed by atoms with Crippen LogP contribution in [-0.4, -0.2) is 9.13 Å². The summed E-state index contributed by atoms with van der Waals surface area (Å²) in [6.07, 6.45) is 23.3. The lowest BCUT2D eigenvalue weighted by Crippen LogP contribution is -2.37. The molecule has 2 aliphatic heterocycles. The Labute approximate surface area is 373 Å². The van der Waals surface area contributed by atoms with Gasteiger partial charge in [-0.2, -0.15) is 21.0 Å². The largest absolute Gasteiger partial charge is 0.482 e. The lowest BCUT2D eigenvalue weighted by molar-refractivity contribution is -0.0339. The third-order valence-electron chi connectivity index (χ3n) is 13.2. The average Bonchev–Trinajstić information content (AvgIpc) is 4.06. The van der Waals surface area contributed by atoms with Crippen molar-refractivity contribution in [3.63, 3.8) is 0 Å². The third-order valence-corrected chi connectivity index (χ3v) is 17.6. The molecule has 10 nitrogen and oxygen atoms in total. The van der Waals surface area contributed by atoms with Crippen LogP contribution in [0, 0.1) is 57.2 Å². The van der Waals surface area contributed by atoms with E-state index in [1.165, 1.54) is 52.7 Å². The van der Waals surface area contributed by atoms with Gasteiger partial charge in [-0.05, 0) is 102 Å². The summed E-state index contributed by atoms with van der Waals surface area (Å²) >= 11 is 5.72. The van der Waals surface area contributed by atoms with E-state index < -0.39 is 11.2 Å². The van der Waals surface area contributed by atoms with Gasteiger partial charge in [-0.25, -0.2) is 0 Å². The van der Waals surface area contributed by atoms with Crippen molar-refractivity contribution in [2.24, 2.45) is 11.8 Å². The Bertz CT molecular complexity index is 3050. The van der Waals surface area contributed by atoms with Crippen LogP contribution < -0.4 is 29.5 Å². The molecule has 0 aromatic carbocycles. The average molecular weight is 893 g/mol. The summed E-state index contributed by atoms with van der Waals surface area (Å²) in [6.45, 7) is 4.42. The molecule has 2 unspecified atom stereocenters. The first-order chi connectivity index (χ1) is 30.2. The van der Waals surface area contributed by atoms with Crippen LogP contribution in [0.4, 0.5) is 0 Å². The van der Waals surface area contributed by atoms with Crippen LogP contribution in [0.2, 0.25) is 0 Å². The van der Waals surface area contributed by atoms with Gasteiger partial charge >= 0.3 is 0 Å². The quantitative estimate of drug-likeness (QED) is 0.208. The first kappa shape index (κ1) is 40.3. The van der Waals surface area contributed by atoms with E-state index in [-0.39, 0.29) is 34.1 Å². The van der Waals surface area contributed by atoms with Crippen LogP contribution in [0.25, 0.3) is 34.4 Å². The van der Waals surface area contributed by atoms with Crippen LogP contribution in [0.1, 0.15) is 109 Å².